The van der Waals surface area contributed by atoms with Crippen LogP contribution >= 0.6 is 0 Å². The second-order valence-corrected chi connectivity index (χ2v) is 5.16. The van der Waals surface area contributed by atoms with Gasteiger partial charge in [-0.05, 0) is 19.9 Å². The van der Waals surface area contributed by atoms with Crippen LogP contribution in [-0.2, 0) is 11.3 Å². The third kappa shape index (κ3) is 5.28. The van der Waals surface area contributed by atoms with Crippen molar-refractivity contribution < 1.29 is 14.6 Å². The van der Waals surface area contributed by atoms with Crippen LogP contribution in [0.1, 0.15) is 19.4 Å². The minimum atomic E-state index is -0.917. The molecule has 1 aromatic carbocycles. The molecule has 0 saturated carbocycles. The molecule has 1 aromatic rings. The molecule has 0 aliphatic rings. The van der Waals surface area contributed by atoms with Crippen LogP contribution in [0.5, 0.6) is 5.75 Å². The molecule has 3 N–H and O–H groups in total. The maximum atomic E-state index is 11.9. The molecule has 5 heteroatoms. The van der Waals surface area contributed by atoms with E-state index in [1.165, 1.54) is 4.90 Å². The van der Waals surface area contributed by atoms with E-state index in [0.29, 0.717) is 12.3 Å². The molecule has 0 heterocycles. The maximum Gasteiger partial charge on any atom is 0.260 e. The smallest absolute Gasteiger partial charge is 0.260 e. The van der Waals surface area contributed by atoms with Gasteiger partial charge in [-0.25, -0.2) is 0 Å². The molecule has 106 valence electrons. The average molecular weight is 266 g/mol. The number of ether oxygens (including phenoxy) is 1. The van der Waals surface area contributed by atoms with Crippen LogP contribution < -0.4 is 10.5 Å². The lowest BCUT2D eigenvalue weighted by atomic mass is 10.1. The Bertz CT molecular complexity index is 427. The minimum absolute atomic E-state index is 0.0659. The van der Waals surface area contributed by atoms with Gasteiger partial charge < -0.3 is 20.5 Å². The fourth-order valence-electron chi connectivity index (χ4n) is 1.73. The second-order valence-electron chi connectivity index (χ2n) is 5.16. The van der Waals surface area contributed by atoms with E-state index in [0.717, 1.165) is 5.56 Å². The summed E-state index contributed by atoms with van der Waals surface area (Å²) in [6.07, 6.45) is 0. The largest absolute Gasteiger partial charge is 0.483 e. The van der Waals surface area contributed by atoms with Crippen LogP contribution in [0.25, 0.3) is 0 Å². The molecule has 0 aromatic heterocycles. The van der Waals surface area contributed by atoms with Gasteiger partial charge in [-0.1, -0.05) is 18.2 Å². The lowest BCUT2D eigenvalue weighted by Crippen LogP contribution is -2.41. The normalized spacial score (nSPS) is 11.2. The van der Waals surface area contributed by atoms with E-state index < -0.39 is 5.60 Å². The predicted octanol–water partition coefficient (Wildman–Crippen LogP) is 0.753. The number of hydrogen-bond acceptors (Lipinski definition) is 4. The van der Waals surface area contributed by atoms with Crippen LogP contribution in [0.4, 0.5) is 0 Å². The fourth-order valence-corrected chi connectivity index (χ4v) is 1.73. The van der Waals surface area contributed by atoms with Gasteiger partial charge >= 0.3 is 0 Å². The third-order valence-corrected chi connectivity index (χ3v) is 2.59. The number of carbonyl (C=O) groups excluding carboxylic acids is 1. The van der Waals surface area contributed by atoms with Crippen LogP contribution in [-0.4, -0.2) is 41.7 Å². The molecule has 1 rings (SSSR count). The van der Waals surface area contributed by atoms with Gasteiger partial charge in [-0.3, -0.25) is 4.79 Å². The number of rotatable bonds is 6. The summed E-state index contributed by atoms with van der Waals surface area (Å²) < 4.78 is 5.47. The molecular formula is C14H22N2O3. The minimum Gasteiger partial charge on any atom is -0.483 e. The Labute approximate surface area is 114 Å². The summed E-state index contributed by atoms with van der Waals surface area (Å²) in [4.78, 5) is 13.3. The Morgan fingerprint density at radius 2 is 2.05 bits per heavy atom. The van der Waals surface area contributed by atoms with Crippen LogP contribution in [0.15, 0.2) is 24.3 Å². The van der Waals surface area contributed by atoms with E-state index in [4.69, 9.17) is 10.5 Å². The van der Waals surface area contributed by atoms with Crippen molar-refractivity contribution in [2.75, 3.05) is 20.2 Å². The highest BCUT2D eigenvalue weighted by atomic mass is 16.5. The van der Waals surface area contributed by atoms with E-state index in [2.05, 4.69) is 0 Å². The Morgan fingerprint density at radius 3 is 2.63 bits per heavy atom. The van der Waals surface area contributed by atoms with Crippen molar-refractivity contribution in [2.24, 2.45) is 5.73 Å². The van der Waals surface area contributed by atoms with E-state index in [-0.39, 0.29) is 19.1 Å². The van der Waals surface area contributed by atoms with Crippen molar-refractivity contribution in [3.63, 3.8) is 0 Å². The summed E-state index contributed by atoms with van der Waals surface area (Å²) in [6, 6.07) is 7.35. The number of nitrogens with two attached hydrogens (primary N) is 1. The molecule has 5 nitrogen and oxygen atoms in total. The third-order valence-electron chi connectivity index (χ3n) is 2.59. The summed E-state index contributed by atoms with van der Waals surface area (Å²) in [5.41, 5.74) is 5.54. The first-order valence-corrected chi connectivity index (χ1v) is 6.20. The summed E-state index contributed by atoms with van der Waals surface area (Å²) in [5, 5.41) is 9.65. The molecule has 0 atom stereocenters. The van der Waals surface area contributed by atoms with Gasteiger partial charge in [0, 0.05) is 25.7 Å². The van der Waals surface area contributed by atoms with Crippen LogP contribution in [0.2, 0.25) is 0 Å². The van der Waals surface area contributed by atoms with E-state index in [1.54, 1.807) is 27.0 Å². The summed E-state index contributed by atoms with van der Waals surface area (Å²) in [6.45, 7) is 3.86. The van der Waals surface area contributed by atoms with Gasteiger partial charge in [-0.15, -0.1) is 0 Å². The van der Waals surface area contributed by atoms with Crippen LogP contribution in [0, 0.1) is 0 Å². The Balaban J connectivity index is 2.54. The summed E-state index contributed by atoms with van der Waals surface area (Å²) in [7, 11) is 1.64. The lowest BCUT2D eigenvalue weighted by Gasteiger charge is -2.25. The molecule has 0 saturated heterocycles. The van der Waals surface area contributed by atoms with E-state index >= 15 is 0 Å². The van der Waals surface area contributed by atoms with Crippen molar-refractivity contribution in [3.8, 4) is 5.75 Å². The van der Waals surface area contributed by atoms with E-state index in [1.807, 2.05) is 18.2 Å². The van der Waals surface area contributed by atoms with Gasteiger partial charge in [-0.2, -0.15) is 0 Å². The molecule has 1 amide bonds. The molecular weight excluding hydrogens is 244 g/mol. The summed E-state index contributed by atoms with van der Waals surface area (Å²) in [5.74, 6) is 0.434. The highest BCUT2D eigenvalue weighted by Gasteiger charge is 2.19. The number of hydrogen-bond donors (Lipinski definition) is 2. The first-order valence-electron chi connectivity index (χ1n) is 6.20. The Morgan fingerprint density at radius 1 is 1.42 bits per heavy atom. The second kappa shape index (κ2) is 6.54. The van der Waals surface area contributed by atoms with Gasteiger partial charge in [0.25, 0.3) is 5.91 Å². The SMILES string of the molecule is CN(CC(C)(C)O)C(=O)COc1ccccc1CN. The number of nitrogens with zero attached hydrogens (tertiary/aromatic N) is 1. The average Bonchev–Trinajstić information content (AvgIpc) is 2.34. The van der Waals surface area contributed by atoms with Crippen molar-refractivity contribution in [3.05, 3.63) is 29.8 Å². The standard InChI is InChI=1S/C14H22N2O3/c1-14(2,18)10-16(3)13(17)9-19-12-7-5-4-6-11(12)8-15/h4-7,18H,8-10,15H2,1-3H3. The molecule has 0 radical (unpaired) electrons. The number of carbonyl (C=O) groups is 1. The number of likely N-dealkylation sites (N-methyl/N-ethyl adjacent to an activating group) is 1. The first kappa shape index (κ1) is 15.5. The zero-order valence-electron chi connectivity index (χ0n) is 11.7. The topological polar surface area (TPSA) is 75.8 Å². The molecule has 0 bridgehead atoms. The lowest BCUT2D eigenvalue weighted by molar-refractivity contribution is -0.134. The summed E-state index contributed by atoms with van der Waals surface area (Å²) >= 11 is 0. The number of amides is 1. The number of benzene rings is 1. The van der Waals surface area contributed by atoms with Crippen molar-refractivity contribution >= 4 is 5.91 Å². The molecule has 0 aliphatic heterocycles. The zero-order valence-corrected chi connectivity index (χ0v) is 11.7. The Hall–Kier alpha value is -1.59. The highest BCUT2D eigenvalue weighted by Crippen LogP contribution is 2.17. The van der Waals surface area contributed by atoms with Crippen molar-refractivity contribution in [2.45, 2.75) is 26.0 Å². The first-order chi connectivity index (χ1) is 8.83. The molecule has 0 spiro atoms. The highest BCUT2D eigenvalue weighted by molar-refractivity contribution is 5.77. The fraction of sp³-hybridized carbons (Fsp3) is 0.500. The monoisotopic (exact) mass is 266 g/mol. The van der Waals surface area contributed by atoms with Crippen molar-refractivity contribution in [1.29, 1.82) is 0 Å². The van der Waals surface area contributed by atoms with Gasteiger partial charge in [0.05, 0.1) is 5.60 Å². The molecule has 0 aliphatic carbocycles. The van der Waals surface area contributed by atoms with Crippen molar-refractivity contribution in [1.82, 2.24) is 4.90 Å². The molecule has 0 unspecified atom stereocenters. The van der Waals surface area contributed by atoms with E-state index in [9.17, 15) is 9.90 Å². The van der Waals surface area contributed by atoms with Gasteiger partial charge in [0.1, 0.15) is 5.75 Å². The molecule has 0 fully saturated rings. The predicted molar refractivity (Wildman–Crippen MR) is 73.8 cm³/mol. The Kier molecular flexibility index (Phi) is 5.32. The molecule has 19 heavy (non-hydrogen) atoms. The quantitative estimate of drug-likeness (QED) is 0.797. The van der Waals surface area contributed by atoms with Gasteiger partial charge in [0.2, 0.25) is 0 Å². The van der Waals surface area contributed by atoms with Gasteiger partial charge in [0.15, 0.2) is 6.61 Å². The number of aliphatic hydroxyl groups is 1. The zero-order chi connectivity index (χ0) is 14.5. The number of para-hydroxylation sites is 1. The van der Waals surface area contributed by atoms with Crippen LogP contribution in [0.3, 0.4) is 0 Å². The maximum absolute atomic E-state index is 11.9.